The van der Waals surface area contributed by atoms with Gasteiger partial charge in [0.25, 0.3) is 0 Å². The molecular formula is C17H28ClN5O. The molecule has 6 nitrogen and oxygen atoms in total. The number of carbonyl (C=O) groups excluding carboxylic acids is 1. The average Bonchev–Trinajstić information content (AvgIpc) is 3.06. The van der Waals surface area contributed by atoms with E-state index in [2.05, 4.69) is 25.0 Å². The van der Waals surface area contributed by atoms with E-state index in [4.69, 9.17) is 0 Å². The van der Waals surface area contributed by atoms with E-state index in [9.17, 15) is 4.79 Å². The number of hydrogen-bond donors (Lipinski definition) is 1. The van der Waals surface area contributed by atoms with E-state index in [0.29, 0.717) is 17.7 Å². The Balaban J connectivity index is 0.00000169. The molecule has 134 valence electrons. The van der Waals surface area contributed by atoms with Gasteiger partial charge in [0.05, 0.1) is 6.54 Å². The van der Waals surface area contributed by atoms with E-state index in [-0.39, 0.29) is 12.4 Å². The number of rotatable bonds is 2. The molecule has 3 aliphatic rings. The fourth-order valence-corrected chi connectivity index (χ4v) is 4.38. The Morgan fingerprint density at radius 1 is 1.00 bits per heavy atom. The minimum atomic E-state index is 0. The Morgan fingerprint density at radius 3 is 2.50 bits per heavy atom. The molecule has 1 N–H and O–H groups in total. The normalized spacial score (nSPS) is 22.8. The van der Waals surface area contributed by atoms with Crippen molar-refractivity contribution in [3.8, 4) is 0 Å². The third-order valence-electron chi connectivity index (χ3n) is 5.78. The first-order valence-corrected chi connectivity index (χ1v) is 9.24. The van der Waals surface area contributed by atoms with Crippen LogP contribution in [0.1, 0.15) is 62.5 Å². The Kier molecular flexibility index (Phi) is 5.76. The molecular weight excluding hydrogens is 326 g/mol. The summed E-state index contributed by atoms with van der Waals surface area (Å²) in [7, 11) is 0. The first-order chi connectivity index (χ1) is 11.3. The quantitative estimate of drug-likeness (QED) is 0.884. The Labute approximate surface area is 149 Å². The minimum absolute atomic E-state index is 0. The van der Waals surface area contributed by atoms with Gasteiger partial charge < -0.3 is 14.8 Å². The summed E-state index contributed by atoms with van der Waals surface area (Å²) in [5, 5.41) is 12.1. The molecule has 1 amide bonds. The monoisotopic (exact) mass is 353 g/mol. The zero-order valence-electron chi connectivity index (χ0n) is 14.2. The summed E-state index contributed by atoms with van der Waals surface area (Å²) in [6.45, 7) is 4.57. The summed E-state index contributed by atoms with van der Waals surface area (Å²) in [6, 6.07) is 0. The molecule has 3 heterocycles. The van der Waals surface area contributed by atoms with Gasteiger partial charge in [0.2, 0.25) is 5.91 Å². The van der Waals surface area contributed by atoms with Crippen molar-refractivity contribution in [1.29, 1.82) is 0 Å². The second-order valence-corrected chi connectivity index (χ2v) is 7.24. The van der Waals surface area contributed by atoms with Crippen LogP contribution in [-0.2, 0) is 17.9 Å². The van der Waals surface area contributed by atoms with Gasteiger partial charge in [-0.05, 0) is 25.7 Å². The van der Waals surface area contributed by atoms with Crippen LogP contribution in [0.3, 0.4) is 0 Å². The lowest BCUT2D eigenvalue weighted by Crippen LogP contribution is -2.42. The molecule has 0 aromatic carbocycles. The second kappa shape index (κ2) is 7.83. The molecule has 24 heavy (non-hydrogen) atoms. The highest BCUT2D eigenvalue weighted by Gasteiger charge is 2.31. The summed E-state index contributed by atoms with van der Waals surface area (Å²) in [5.74, 6) is 3.38. The van der Waals surface area contributed by atoms with Gasteiger partial charge in [-0.15, -0.1) is 22.6 Å². The van der Waals surface area contributed by atoms with E-state index < -0.39 is 0 Å². The highest BCUT2D eigenvalue weighted by Crippen LogP contribution is 2.31. The number of aromatic nitrogens is 3. The Hall–Kier alpha value is -1.14. The van der Waals surface area contributed by atoms with E-state index >= 15 is 0 Å². The Bertz CT molecular complexity index is 561. The van der Waals surface area contributed by atoms with Gasteiger partial charge in [0, 0.05) is 38.0 Å². The SMILES string of the molecule is Cl.O=C(C1CCCCC1)N1CCC(c2nnc3n2CCNC3)CC1. The van der Waals surface area contributed by atoms with Gasteiger partial charge in [0.1, 0.15) is 11.6 Å². The van der Waals surface area contributed by atoms with Crippen LogP contribution in [-0.4, -0.2) is 45.2 Å². The van der Waals surface area contributed by atoms with Gasteiger partial charge in [0.15, 0.2) is 0 Å². The number of hydrogen-bond acceptors (Lipinski definition) is 4. The van der Waals surface area contributed by atoms with Crippen LogP contribution >= 0.6 is 12.4 Å². The van der Waals surface area contributed by atoms with Crippen LogP contribution in [0, 0.1) is 5.92 Å². The van der Waals surface area contributed by atoms with Gasteiger partial charge in [-0.25, -0.2) is 0 Å². The minimum Gasteiger partial charge on any atom is -0.342 e. The Morgan fingerprint density at radius 2 is 1.75 bits per heavy atom. The van der Waals surface area contributed by atoms with Crippen molar-refractivity contribution in [1.82, 2.24) is 25.0 Å². The number of nitrogens with zero attached hydrogens (tertiary/aromatic N) is 4. The largest absolute Gasteiger partial charge is 0.342 e. The van der Waals surface area contributed by atoms with Crippen LogP contribution in [0.2, 0.25) is 0 Å². The third-order valence-corrected chi connectivity index (χ3v) is 5.78. The molecule has 0 unspecified atom stereocenters. The van der Waals surface area contributed by atoms with E-state index in [0.717, 1.165) is 70.1 Å². The lowest BCUT2D eigenvalue weighted by molar-refractivity contribution is -0.137. The average molecular weight is 354 g/mol. The van der Waals surface area contributed by atoms with Gasteiger partial charge >= 0.3 is 0 Å². The van der Waals surface area contributed by atoms with Crippen LogP contribution in [0.15, 0.2) is 0 Å². The van der Waals surface area contributed by atoms with Crippen LogP contribution < -0.4 is 5.32 Å². The van der Waals surface area contributed by atoms with Gasteiger partial charge in [-0.2, -0.15) is 0 Å². The summed E-state index contributed by atoms with van der Waals surface area (Å²) in [4.78, 5) is 14.8. The number of piperidine rings is 1. The molecule has 0 bridgehead atoms. The first kappa shape index (κ1) is 17.7. The maximum absolute atomic E-state index is 12.7. The molecule has 0 spiro atoms. The van der Waals surface area contributed by atoms with Crippen molar-refractivity contribution >= 4 is 18.3 Å². The van der Waals surface area contributed by atoms with Crippen LogP contribution in [0.5, 0.6) is 0 Å². The zero-order chi connectivity index (χ0) is 15.6. The highest BCUT2D eigenvalue weighted by atomic mass is 35.5. The summed E-state index contributed by atoms with van der Waals surface area (Å²) < 4.78 is 2.29. The molecule has 0 radical (unpaired) electrons. The second-order valence-electron chi connectivity index (χ2n) is 7.24. The molecule has 1 aliphatic carbocycles. The molecule has 2 aliphatic heterocycles. The van der Waals surface area contributed by atoms with Crippen molar-refractivity contribution in [2.24, 2.45) is 5.92 Å². The lowest BCUT2D eigenvalue weighted by Gasteiger charge is -2.35. The van der Waals surface area contributed by atoms with Crippen molar-refractivity contribution < 1.29 is 4.79 Å². The standard InChI is InChI=1S/C17H27N5O.ClH/c23-17(14-4-2-1-3-5-14)21-9-6-13(7-10-21)16-20-19-15-12-18-8-11-22(15)16;/h13-14,18H,1-12H2;1H. The molecule has 2 fully saturated rings. The van der Waals surface area contributed by atoms with Crippen LogP contribution in [0.4, 0.5) is 0 Å². The molecule has 1 aromatic heterocycles. The van der Waals surface area contributed by atoms with E-state index in [1.807, 2.05) is 0 Å². The van der Waals surface area contributed by atoms with E-state index in [1.165, 1.54) is 19.3 Å². The first-order valence-electron chi connectivity index (χ1n) is 9.24. The predicted molar refractivity (Wildman–Crippen MR) is 94.1 cm³/mol. The smallest absolute Gasteiger partial charge is 0.225 e. The maximum Gasteiger partial charge on any atom is 0.225 e. The van der Waals surface area contributed by atoms with Crippen molar-refractivity contribution in [3.05, 3.63) is 11.6 Å². The molecule has 0 atom stereocenters. The topological polar surface area (TPSA) is 63.1 Å². The molecule has 4 rings (SSSR count). The van der Waals surface area contributed by atoms with Gasteiger partial charge in [-0.1, -0.05) is 19.3 Å². The van der Waals surface area contributed by atoms with Gasteiger partial charge in [-0.3, -0.25) is 4.79 Å². The fraction of sp³-hybridized carbons (Fsp3) is 0.824. The number of amides is 1. The molecule has 7 heteroatoms. The van der Waals surface area contributed by atoms with Crippen molar-refractivity contribution in [2.45, 2.75) is 64.0 Å². The zero-order valence-corrected chi connectivity index (χ0v) is 15.1. The summed E-state index contributed by atoms with van der Waals surface area (Å²) in [5.41, 5.74) is 0. The molecule has 1 saturated carbocycles. The summed E-state index contributed by atoms with van der Waals surface area (Å²) in [6.07, 6.45) is 8.03. The van der Waals surface area contributed by atoms with Crippen molar-refractivity contribution in [2.75, 3.05) is 19.6 Å². The number of nitrogens with one attached hydrogen (secondary N) is 1. The number of halogens is 1. The third kappa shape index (κ3) is 3.45. The van der Waals surface area contributed by atoms with Crippen molar-refractivity contribution in [3.63, 3.8) is 0 Å². The number of likely N-dealkylation sites (tertiary alicyclic amines) is 1. The van der Waals surface area contributed by atoms with Crippen LogP contribution in [0.25, 0.3) is 0 Å². The molecule has 1 aromatic rings. The predicted octanol–water partition coefficient (Wildman–Crippen LogP) is 2.09. The highest BCUT2D eigenvalue weighted by molar-refractivity contribution is 5.85. The summed E-state index contributed by atoms with van der Waals surface area (Å²) >= 11 is 0. The molecule has 1 saturated heterocycles. The fourth-order valence-electron chi connectivity index (χ4n) is 4.38. The van der Waals surface area contributed by atoms with E-state index in [1.54, 1.807) is 0 Å². The number of carbonyl (C=O) groups is 1. The maximum atomic E-state index is 12.7. The number of fused-ring (bicyclic) bond motifs is 1. The lowest BCUT2D eigenvalue weighted by atomic mass is 9.87.